The summed E-state index contributed by atoms with van der Waals surface area (Å²) in [7, 11) is 1.51. The fraction of sp³-hybridized carbons (Fsp3) is 0.500. The van der Waals surface area contributed by atoms with E-state index in [1.807, 2.05) is 82.3 Å². The van der Waals surface area contributed by atoms with Crippen LogP contribution in [-0.2, 0) is 33.4 Å². The molecule has 2 aromatic rings. The molecule has 4 aliphatic rings. The molecule has 4 heterocycles. The number of rotatable bonds is 8. The first kappa shape index (κ1) is 36.5. The quantitative estimate of drug-likeness (QED) is 0.313. The van der Waals surface area contributed by atoms with E-state index in [1.165, 1.54) is 12.0 Å². The number of hydrogen-bond acceptors (Lipinski definition) is 8. The lowest BCUT2D eigenvalue weighted by molar-refractivity contribution is -0.163. The highest BCUT2D eigenvalue weighted by molar-refractivity contribution is 6.06. The summed E-state index contributed by atoms with van der Waals surface area (Å²) in [6, 6.07) is 12.4. The second kappa shape index (κ2) is 15.1. The predicted octanol–water partition coefficient (Wildman–Crippen LogP) is 3.96. The van der Waals surface area contributed by atoms with E-state index >= 15 is 9.59 Å². The number of cyclic esters (lactones) is 1. The molecular weight excluding hydrogens is 650 g/mol. The first-order chi connectivity index (χ1) is 24.6. The number of esters is 1. The van der Waals surface area contributed by atoms with Crippen molar-refractivity contribution in [2.24, 2.45) is 17.8 Å². The van der Waals surface area contributed by atoms with Gasteiger partial charge in [0.15, 0.2) is 0 Å². The van der Waals surface area contributed by atoms with Gasteiger partial charge in [-0.25, -0.2) is 0 Å². The number of aryl methyl sites for hydroxylation is 2. The highest BCUT2D eigenvalue weighted by Crippen LogP contribution is 2.54. The Kier molecular flexibility index (Phi) is 10.8. The number of amides is 3. The van der Waals surface area contributed by atoms with E-state index in [0.717, 1.165) is 16.8 Å². The number of aliphatic hydroxyl groups excluding tert-OH is 1. The number of methoxy groups -OCH3 is 1. The van der Waals surface area contributed by atoms with E-state index in [-0.39, 0.29) is 43.9 Å². The van der Waals surface area contributed by atoms with Crippen LogP contribution in [0.1, 0.15) is 55.9 Å². The van der Waals surface area contributed by atoms with Crippen LogP contribution < -0.4 is 10.2 Å². The van der Waals surface area contributed by atoms with Gasteiger partial charge >= 0.3 is 5.97 Å². The summed E-state index contributed by atoms with van der Waals surface area (Å²) in [6.07, 6.45) is 6.43. The molecule has 272 valence electrons. The number of likely N-dealkylation sites (tertiary alicyclic amines) is 1. The number of fused-ring (bicyclic) bond motifs is 2. The van der Waals surface area contributed by atoms with Gasteiger partial charge in [-0.05, 0) is 48.9 Å². The first-order valence-corrected chi connectivity index (χ1v) is 17.9. The summed E-state index contributed by atoms with van der Waals surface area (Å²) in [4.78, 5) is 61.1. The molecule has 0 unspecified atom stereocenters. The average Bonchev–Trinajstić information content (AvgIpc) is 3.51. The predicted molar refractivity (Wildman–Crippen MR) is 190 cm³/mol. The Bertz CT molecular complexity index is 1690. The fourth-order valence-corrected chi connectivity index (χ4v) is 8.23. The molecule has 0 bridgehead atoms. The smallest absolute Gasteiger partial charge is 0.313 e. The molecule has 51 heavy (non-hydrogen) atoms. The second-order valence-corrected chi connectivity index (χ2v) is 14.2. The van der Waals surface area contributed by atoms with Crippen LogP contribution in [0, 0.1) is 31.6 Å². The van der Waals surface area contributed by atoms with E-state index in [1.54, 1.807) is 23.1 Å². The van der Waals surface area contributed by atoms with Gasteiger partial charge in [0.05, 0.1) is 37.3 Å². The number of hydrogen-bond donors (Lipinski definition) is 2. The van der Waals surface area contributed by atoms with Gasteiger partial charge in [-0.15, -0.1) is 0 Å². The van der Waals surface area contributed by atoms with Crippen LogP contribution >= 0.6 is 0 Å². The van der Waals surface area contributed by atoms with Crippen molar-refractivity contribution in [1.82, 2.24) is 10.2 Å². The van der Waals surface area contributed by atoms with E-state index in [9.17, 15) is 14.7 Å². The number of aliphatic hydroxyl groups is 1. The zero-order chi connectivity index (χ0) is 36.4. The number of allylic oxidation sites excluding steroid dienone is 1. The molecule has 11 heteroatoms. The van der Waals surface area contributed by atoms with E-state index in [2.05, 4.69) is 5.32 Å². The number of benzene rings is 2. The topological polar surface area (TPSA) is 135 Å². The van der Waals surface area contributed by atoms with Crippen LogP contribution in [0.3, 0.4) is 0 Å². The molecule has 3 amide bonds. The van der Waals surface area contributed by atoms with Crippen LogP contribution in [0.2, 0.25) is 0 Å². The maximum absolute atomic E-state index is 15.1. The molecule has 0 aliphatic carbocycles. The average molecular weight is 700 g/mol. The molecule has 1 spiro atoms. The highest BCUT2D eigenvalue weighted by Gasteiger charge is 2.73. The summed E-state index contributed by atoms with van der Waals surface area (Å²) in [5.74, 6) is -4.13. The van der Waals surface area contributed by atoms with Crippen molar-refractivity contribution in [3.8, 4) is 0 Å². The zero-order valence-corrected chi connectivity index (χ0v) is 30.0. The molecule has 0 aromatic heterocycles. The van der Waals surface area contributed by atoms with Crippen LogP contribution in [0.25, 0.3) is 0 Å². The second-order valence-electron chi connectivity index (χ2n) is 14.2. The molecule has 4 aliphatic heterocycles. The molecule has 11 nitrogen and oxygen atoms in total. The summed E-state index contributed by atoms with van der Waals surface area (Å²) >= 11 is 0. The maximum atomic E-state index is 15.1. The van der Waals surface area contributed by atoms with Gasteiger partial charge in [-0.1, -0.05) is 87.0 Å². The monoisotopic (exact) mass is 699 g/mol. The SMILES string of the molecule is CC[C@H](C)[C@H](CO)N1C(=O)[C@H]2[C@@H]3C(=O)O[C@@H](c4ccccc4)[C@H](COC)NC(=O)CC/C=C\[C@@H]3O[C@]23C=CCN(c2cc(C)ccc2C)C(=O)[C@H]13. The lowest BCUT2D eigenvalue weighted by Gasteiger charge is -2.40. The van der Waals surface area contributed by atoms with Crippen molar-refractivity contribution >= 4 is 29.4 Å². The lowest BCUT2D eigenvalue weighted by atomic mass is 9.77. The third kappa shape index (κ3) is 6.63. The molecule has 2 saturated heterocycles. The van der Waals surface area contributed by atoms with E-state index < -0.39 is 59.6 Å². The third-order valence-corrected chi connectivity index (χ3v) is 11.0. The van der Waals surface area contributed by atoms with Crippen LogP contribution in [-0.4, -0.2) is 90.4 Å². The third-order valence-electron chi connectivity index (χ3n) is 11.0. The van der Waals surface area contributed by atoms with Crippen molar-refractivity contribution in [1.29, 1.82) is 0 Å². The maximum Gasteiger partial charge on any atom is 0.313 e. The number of carbonyl (C=O) groups is 4. The Morgan fingerprint density at radius 3 is 2.53 bits per heavy atom. The standard InChI is InChI=1S/C40H49N3O8/c1-6-25(3)30(22-44)43-36-38(47)42(29-21-24(2)17-18-26(29)4)20-12-19-40(36)34(37(43)46)33-31(51-40)15-10-11-16-32(45)41-28(23-49-5)35(50-39(33)48)27-13-8-7-9-14-27/h7-10,12-15,17-19,21,25,28,30-31,33-36,44H,6,11,16,20,22-23H2,1-5H3,(H,41,45)/b15-10-/t25-,28-,30-,31-,33+,34+,35-,36-,40+/m0/s1. The van der Waals surface area contributed by atoms with Crippen molar-refractivity contribution in [3.63, 3.8) is 0 Å². The number of ether oxygens (including phenoxy) is 3. The normalized spacial score (nSPS) is 31.3. The van der Waals surface area contributed by atoms with E-state index in [0.29, 0.717) is 18.4 Å². The van der Waals surface area contributed by atoms with E-state index in [4.69, 9.17) is 14.2 Å². The largest absolute Gasteiger partial charge is 0.455 e. The Hall–Kier alpha value is -4.32. The summed E-state index contributed by atoms with van der Waals surface area (Å²) < 4.78 is 18.7. The van der Waals surface area contributed by atoms with Gasteiger partial charge in [-0.3, -0.25) is 19.2 Å². The Morgan fingerprint density at radius 1 is 1.06 bits per heavy atom. The summed E-state index contributed by atoms with van der Waals surface area (Å²) in [5.41, 5.74) is 1.70. The molecule has 6 rings (SSSR count). The minimum absolute atomic E-state index is 0.0691. The molecule has 0 radical (unpaired) electrons. The van der Waals surface area contributed by atoms with Crippen molar-refractivity contribution in [3.05, 3.63) is 89.5 Å². The molecule has 0 saturated carbocycles. The Labute approximate surface area is 299 Å². The molecule has 2 fully saturated rings. The van der Waals surface area contributed by atoms with Gasteiger partial charge in [0.1, 0.15) is 23.7 Å². The number of anilines is 1. The molecule has 9 atom stereocenters. The minimum atomic E-state index is -1.54. The van der Waals surface area contributed by atoms with Crippen LogP contribution in [0.5, 0.6) is 0 Å². The van der Waals surface area contributed by atoms with Gasteiger partial charge in [0.2, 0.25) is 11.8 Å². The van der Waals surface area contributed by atoms with Gasteiger partial charge in [-0.2, -0.15) is 0 Å². The van der Waals surface area contributed by atoms with Crippen molar-refractivity contribution in [2.75, 3.05) is 31.8 Å². The van der Waals surface area contributed by atoms with Gasteiger partial charge < -0.3 is 34.4 Å². The van der Waals surface area contributed by atoms with Crippen LogP contribution in [0.15, 0.2) is 72.8 Å². The van der Waals surface area contributed by atoms with Crippen molar-refractivity contribution in [2.45, 2.75) is 82.9 Å². The van der Waals surface area contributed by atoms with Crippen LogP contribution in [0.4, 0.5) is 5.69 Å². The molecule has 2 N–H and O–H groups in total. The highest BCUT2D eigenvalue weighted by atomic mass is 16.6. The summed E-state index contributed by atoms with van der Waals surface area (Å²) in [5, 5.41) is 13.8. The zero-order valence-electron chi connectivity index (χ0n) is 30.0. The Balaban J connectivity index is 1.50. The molecular formula is C40H49N3O8. The first-order valence-electron chi connectivity index (χ1n) is 17.9. The minimum Gasteiger partial charge on any atom is -0.455 e. The molecule has 2 aromatic carbocycles. The van der Waals surface area contributed by atoms with Gasteiger partial charge in [0.25, 0.3) is 5.91 Å². The van der Waals surface area contributed by atoms with Gasteiger partial charge in [0, 0.05) is 25.8 Å². The number of carbonyl (C=O) groups excluding carboxylic acids is 4. The lowest BCUT2D eigenvalue weighted by Crippen LogP contribution is -2.59. The number of nitrogens with one attached hydrogen (secondary N) is 1. The fourth-order valence-electron chi connectivity index (χ4n) is 8.23. The number of nitrogens with zero attached hydrogens (tertiary/aromatic N) is 2. The summed E-state index contributed by atoms with van der Waals surface area (Å²) in [6.45, 7) is 7.75. The Morgan fingerprint density at radius 2 is 1.82 bits per heavy atom. The van der Waals surface area contributed by atoms with Crippen molar-refractivity contribution < 1.29 is 38.5 Å².